The molecule has 0 saturated heterocycles. The van der Waals surface area contributed by atoms with Crippen molar-refractivity contribution in [2.75, 3.05) is 0 Å². The fourth-order valence-corrected chi connectivity index (χ4v) is 1.06. The Hall–Kier alpha value is -1.26. The van der Waals surface area contributed by atoms with Gasteiger partial charge in [-0.1, -0.05) is 24.3 Å². The van der Waals surface area contributed by atoms with Crippen LogP contribution in [0.5, 0.6) is 5.75 Å². The monoisotopic (exact) mass is 178 g/mol. The molecule has 1 aromatic carbocycles. The Kier molecular flexibility index (Phi) is 3.55. The highest BCUT2D eigenvalue weighted by Crippen LogP contribution is 2.18. The molecule has 0 amide bonds. The summed E-state index contributed by atoms with van der Waals surface area (Å²) in [6, 6.07) is 7.15. The lowest BCUT2D eigenvalue weighted by molar-refractivity contribution is 0.287. The van der Waals surface area contributed by atoms with Gasteiger partial charge < -0.3 is 14.7 Å². The molecule has 1 aromatic rings. The molecule has 0 aromatic heterocycles. The Labute approximate surface area is 77.5 Å². The average molecular weight is 178 g/mol. The van der Waals surface area contributed by atoms with E-state index in [1.54, 1.807) is 18.2 Å². The lowest BCUT2D eigenvalue weighted by Crippen LogP contribution is -2.21. The third-order valence-electron chi connectivity index (χ3n) is 1.57. The predicted molar refractivity (Wildman–Crippen MR) is 51.2 cm³/mol. The van der Waals surface area contributed by atoms with E-state index >= 15 is 0 Å². The summed E-state index contributed by atoms with van der Waals surface area (Å²) in [5, 5.41) is 17.2. The second-order valence-electron chi connectivity index (χ2n) is 2.54. The van der Waals surface area contributed by atoms with E-state index in [2.05, 4.69) is 6.58 Å². The van der Waals surface area contributed by atoms with Gasteiger partial charge >= 0.3 is 7.32 Å². The first-order chi connectivity index (χ1) is 6.24. The molecule has 0 spiro atoms. The Morgan fingerprint density at radius 3 is 2.69 bits per heavy atom. The molecule has 0 aliphatic heterocycles. The van der Waals surface area contributed by atoms with Crippen LogP contribution < -0.4 is 4.65 Å². The highest BCUT2D eigenvalue weighted by atomic mass is 16.6. The Morgan fingerprint density at radius 1 is 1.38 bits per heavy atom. The van der Waals surface area contributed by atoms with Gasteiger partial charge in [0.25, 0.3) is 0 Å². The van der Waals surface area contributed by atoms with Crippen molar-refractivity contribution in [1.29, 1.82) is 0 Å². The van der Waals surface area contributed by atoms with Gasteiger partial charge in [0.15, 0.2) is 0 Å². The van der Waals surface area contributed by atoms with Crippen molar-refractivity contribution in [3.8, 4) is 5.75 Å². The van der Waals surface area contributed by atoms with Gasteiger partial charge in [0.2, 0.25) is 0 Å². The lowest BCUT2D eigenvalue weighted by atomic mass is 10.1. The van der Waals surface area contributed by atoms with Crippen LogP contribution in [0.25, 0.3) is 0 Å². The molecule has 0 saturated carbocycles. The molecule has 0 aliphatic carbocycles. The maximum Gasteiger partial charge on any atom is 0.707 e. The van der Waals surface area contributed by atoms with Gasteiger partial charge in [-0.3, -0.25) is 0 Å². The second-order valence-corrected chi connectivity index (χ2v) is 2.54. The molecule has 68 valence electrons. The largest absolute Gasteiger partial charge is 0.707 e. The summed E-state index contributed by atoms with van der Waals surface area (Å²) in [4.78, 5) is 0. The van der Waals surface area contributed by atoms with E-state index in [1.165, 1.54) is 0 Å². The van der Waals surface area contributed by atoms with Crippen molar-refractivity contribution in [3.63, 3.8) is 0 Å². The van der Waals surface area contributed by atoms with Gasteiger partial charge in [-0.05, 0) is 18.1 Å². The zero-order chi connectivity index (χ0) is 9.68. The van der Waals surface area contributed by atoms with Gasteiger partial charge in [0.05, 0.1) is 0 Å². The van der Waals surface area contributed by atoms with E-state index in [1.807, 2.05) is 12.1 Å². The van der Waals surface area contributed by atoms with Crippen molar-refractivity contribution in [2.45, 2.75) is 6.42 Å². The zero-order valence-corrected chi connectivity index (χ0v) is 7.18. The van der Waals surface area contributed by atoms with Crippen LogP contribution in [0.4, 0.5) is 0 Å². The summed E-state index contributed by atoms with van der Waals surface area (Å²) in [5.74, 6) is 0.470. The van der Waals surface area contributed by atoms with Crippen molar-refractivity contribution >= 4 is 7.32 Å². The summed E-state index contributed by atoms with van der Waals surface area (Å²) in [5.41, 5.74) is 0.880. The summed E-state index contributed by atoms with van der Waals surface area (Å²) in [6.45, 7) is 3.60. The highest BCUT2D eigenvalue weighted by Gasteiger charge is 2.12. The van der Waals surface area contributed by atoms with Crippen LogP contribution in [0.2, 0.25) is 0 Å². The topological polar surface area (TPSA) is 49.7 Å². The molecule has 0 atom stereocenters. The Morgan fingerprint density at radius 2 is 2.08 bits per heavy atom. The van der Waals surface area contributed by atoms with Crippen LogP contribution in [0, 0.1) is 0 Å². The first-order valence-corrected chi connectivity index (χ1v) is 3.95. The molecule has 0 bridgehead atoms. The lowest BCUT2D eigenvalue weighted by Gasteiger charge is -2.08. The van der Waals surface area contributed by atoms with E-state index in [4.69, 9.17) is 14.7 Å². The van der Waals surface area contributed by atoms with E-state index in [0.29, 0.717) is 12.2 Å². The smallest absolute Gasteiger partial charge is 0.512 e. The minimum Gasteiger partial charge on any atom is -0.512 e. The van der Waals surface area contributed by atoms with E-state index in [0.717, 1.165) is 5.56 Å². The normalized spacial score (nSPS) is 9.38. The second kappa shape index (κ2) is 4.69. The predicted octanol–water partition coefficient (Wildman–Crippen LogP) is 0.763. The van der Waals surface area contributed by atoms with Crippen molar-refractivity contribution in [3.05, 3.63) is 42.5 Å². The minimum absolute atomic E-state index is 0.470. The first kappa shape index (κ1) is 9.83. The molecule has 0 aliphatic rings. The van der Waals surface area contributed by atoms with Crippen LogP contribution in [-0.2, 0) is 6.42 Å². The third-order valence-corrected chi connectivity index (χ3v) is 1.57. The number of para-hydroxylation sites is 1. The van der Waals surface area contributed by atoms with Crippen LogP contribution in [0.15, 0.2) is 36.9 Å². The van der Waals surface area contributed by atoms with Gasteiger partial charge in [-0.25, -0.2) is 0 Å². The maximum absolute atomic E-state index is 8.61. The number of allylic oxidation sites excluding steroid dienone is 1. The number of hydrogen-bond acceptors (Lipinski definition) is 3. The van der Waals surface area contributed by atoms with Gasteiger partial charge in [-0.2, -0.15) is 0 Å². The fraction of sp³-hybridized carbons (Fsp3) is 0.111. The molecule has 4 heteroatoms. The zero-order valence-electron chi connectivity index (χ0n) is 7.18. The standard InChI is InChI=1S/C9H11BO3/c1-2-5-8-6-3-4-7-9(8)13-10(11)12/h2-4,6-7,11-12H,1,5H2. The van der Waals surface area contributed by atoms with Crippen LogP contribution in [-0.4, -0.2) is 17.4 Å². The molecular formula is C9H11BO3. The van der Waals surface area contributed by atoms with Crippen LogP contribution in [0.3, 0.4) is 0 Å². The van der Waals surface area contributed by atoms with Crippen molar-refractivity contribution < 1.29 is 14.7 Å². The van der Waals surface area contributed by atoms with E-state index in [9.17, 15) is 0 Å². The third kappa shape index (κ3) is 2.93. The Bertz CT molecular complexity index is 286. The molecule has 0 radical (unpaired) electrons. The summed E-state index contributed by atoms with van der Waals surface area (Å²) >= 11 is 0. The average Bonchev–Trinajstić information content (AvgIpc) is 2.08. The number of benzene rings is 1. The molecule has 13 heavy (non-hydrogen) atoms. The first-order valence-electron chi connectivity index (χ1n) is 3.95. The molecule has 0 unspecified atom stereocenters. The molecule has 2 N–H and O–H groups in total. The highest BCUT2D eigenvalue weighted by molar-refractivity contribution is 6.33. The maximum atomic E-state index is 8.61. The summed E-state index contributed by atoms with van der Waals surface area (Å²) in [7, 11) is -1.77. The SMILES string of the molecule is C=CCc1ccccc1OB(O)O. The van der Waals surface area contributed by atoms with Crippen molar-refractivity contribution in [2.24, 2.45) is 0 Å². The van der Waals surface area contributed by atoms with Crippen molar-refractivity contribution in [1.82, 2.24) is 0 Å². The molecule has 1 rings (SSSR count). The molecular weight excluding hydrogens is 167 g/mol. The van der Waals surface area contributed by atoms with Crippen LogP contribution in [0.1, 0.15) is 5.56 Å². The fourth-order valence-electron chi connectivity index (χ4n) is 1.06. The molecule has 0 heterocycles. The quantitative estimate of drug-likeness (QED) is 0.528. The summed E-state index contributed by atoms with van der Waals surface area (Å²) < 4.78 is 4.76. The minimum atomic E-state index is -1.77. The Balaban J connectivity index is 2.83. The van der Waals surface area contributed by atoms with Crippen LogP contribution >= 0.6 is 0 Å². The van der Waals surface area contributed by atoms with Gasteiger partial charge in [0, 0.05) is 0 Å². The summed E-state index contributed by atoms with van der Waals surface area (Å²) in [6.07, 6.45) is 2.37. The molecule has 3 nitrogen and oxygen atoms in total. The van der Waals surface area contributed by atoms with Gasteiger partial charge in [0.1, 0.15) is 5.75 Å². The van der Waals surface area contributed by atoms with Gasteiger partial charge in [-0.15, -0.1) is 6.58 Å². The molecule has 0 fully saturated rings. The van der Waals surface area contributed by atoms with E-state index in [-0.39, 0.29) is 0 Å². The number of hydrogen-bond donors (Lipinski definition) is 2. The number of rotatable bonds is 4. The van der Waals surface area contributed by atoms with E-state index < -0.39 is 7.32 Å².